The number of piperidine rings is 1. The van der Waals surface area contributed by atoms with Crippen LogP contribution in [0.2, 0.25) is 0 Å². The van der Waals surface area contributed by atoms with Crippen molar-refractivity contribution in [1.82, 2.24) is 20.5 Å². The third-order valence-electron chi connectivity index (χ3n) is 6.54. The number of benzene rings is 2. The second-order valence-corrected chi connectivity index (χ2v) is 8.77. The van der Waals surface area contributed by atoms with Gasteiger partial charge in [-0.2, -0.15) is 5.10 Å². The zero-order valence-corrected chi connectivity index (χ0v) is 18.8. The molecule has 174 valence electrons. The predicted octanol–water partition coefficient (Wildman–Crippen LogP) is 4.68. The van der Waals surface area contributed by atoms with Crippen LogP contribution in [0, 0.1) is 11.7 Å². The van der Waals surface area contributed by atoms with E-state index in [9.17, 15) is 9.18 Å². The Balaban J connectivity index is 1.29. The summed E-state index contributed by atoms with van der Waals surface area (Å²) in [5.41, 5.74) is 2.95. The lowest BCUT2D eigenvalue weighted by Gasteiger charge is -2.32. The van der Waals surface area contributed by atoms with E-state index in [1.54, 1.807) is 18.5 Å². The van der Waals surface area contributed by atoms with Crippen molar-refractivity contribution in [1.29, 1.82) is 0 Å². The van der Waals surface area contributed by atoms with Crippen LogP contribution in [0.15, 0.2) is 67.0 Å². The molecule has 1 aliphatic heterocycles. The van der Waals surface area contributed by atoms with Crippen molar-refractivity contribution in [2.45, 2.75) is 25.2 Å². The molecule has 0 spiro atoms. The fourth-order valence-electron chi connectivity index (χ4n) is 4.66. The minimum absolute atomic E-state index is 0.164. The molecule has 2 N–H and O–H groups in total. The molecule has 3 heterocycles. The first-order chi connectivity index (χ1) is 16.7. The predicted molar refractivity (Wildman–Crippen MR) is 129 cm³/mol. The Bertz CT molecular complexity index is 1270. The Morgan fingerprint density at radius 3 is 2.97 bits per heavy atom. The lowest BCUT2D eigenvalue weighted by molar-refractivity contribution is 0.0978. The molecule has 1 fully saturated rings. The van der Waals surface area contributed by atoms with E-state index in [0.29, 0.717) is 13.0 Å². The number of fused-ring (bicyclic) bond motifs is 1. The van der Waals surface area contributed by atoms with Crippen LogP contribution in [0.5, 0.6) is 5.75 Å². The highest BCUT2D eigenvalue weighted by atomic mass is 19.1. The van der Waals surface area contributed by atoms with Crippen LogP contribution in [0.25, 0.3) is 10.9 Å². The number of aromatic nitrogens is 3. The number of ketones is 1. The number of carbonyl (C=O) groups excluding carboxylic acids is 1. The van der Waals surface area contributed by atoms with Gasteiger partial charge in [-0.1, -0.05) is 12.1 Å². The maximum absolute atomic E-state index is 14.6. The number of halogens is 1. The highest BCUT2D eigenvalue weighted by molar-refractivity contribution is 5.96. The minimum Gasteiger partial charge on any atom is -0.493 e. The fraction of sp³-hybridized carbons (Fsp3) is 0.296. The Morgan fingerprint density at radius 1 is 1.15 bits per heavy atom. The molecule has 6 nitrogen and oxygen atoms in total. The Kier molecular flexibility index (Phi) is 6.62. The zero-order chi connectivity index (χ0) is 23.3. The molecule has 2 atom stereocenters. The summed E-state index contributed by atoms with van der Waals surface area (Å²) in [5.74, 6) is 0.519. The first kappa shape index (κ1) is 22.2. The number of hydrogen-bond acceptors (Lipinski definition) is 5. The summed E-state index contributed by atoms with van der Waals surface area (Å²) >= 11 is 0. The largest absolute Gasteiger partial charge is 0.493 e. The van der Waals surface area contributed by atoms with Gasteiger partial charge in [-0.05, 0) is 73.3 Å². The van der Waals surface area contributed by atoms with Gasteiger partial charge in [0.15, 0.2) is 5.78 Å². The summed E-state index contributed by atoms with van der Waals surface area (Å²) in [6.07, 6.45) is 5.11. The van der Waals surface area contributed by atoms with Crippen molar-refractivity contribution in [3.8, 4) is 5.75 Å². The molecule has 0 aliphatic carbocycles. The average Bonchev–Trinajstić information content (AvgIpc) is 3.35. The van der Waals surface area contributed by atoms with Gasteiger partial charge in [0, 0.05) is 36.2 Å². The van der Waals surface area contributed by atoms with Gasteiger partial charge in [-0.15, -0.1) is 0 Å². The van der Waals surface area contributed by atoms with Crippen LogP contribution in [-0.4, -0.2) is 40.7 Å². The van der Waals surface area contributed by atoms with E-state index in [-0.39, 0.29) is 29.6 Å². The number of nitrogens with one attached hydrogen (secondary N) is 2. The van der Waals surface area contributed by atoms with Gasteiger partial charge in [0.25, 0.3) is 0 Å². The van der Waals surface area contributed by atoms with Crippen molar-refractivity contribution in [3.63, 3.8) is 0 Å². The molecule has 0 saturated carbocycles. The number of aryl methyl sites for hydroxylation is 1. The highest BCUT2D eigenvalue weighted by Gasteiger charge is 2.28. The van der Waals surface area contributed by atoms with Crippen molar-refractivity contribution < 1.29 is 13.9 Å². The normalized spacial score (nSPS) is 18.1. The first-order valence-electron chi connectivity index (χ1n) is 11.7. The van der Waals surface area contributed by atoms with Crippen LogP contribution in [-0.2, 0) is 6.42 Å². The number of ether oxygens (including phenoxy) is 1. The third-order valence-corrected chi connectivity index (χ3v) is 6.54. The second-order valence-electron chi connectivity index (χ2n) is 8.77. The van der Waals surface area contributed by atoms with Gasteiger partial charge in [-0.25, -0.2) is 4.39 Å². The molecule has 34 heavy (non-hydrogen) atoms. The summed E-state index contributed by atoms with van der Waals surface area (Å²) in [4.78, 5) is 17.1. The van der Waals surface area contributed by atoms with Crippen LogP contribution in [0.1, 0.15) is 40.4 Å². The van der Waals surface area contributed by atoms with E-state index in [0.717, 1.165) is 47.4 Å². The monoisotopic (exact) mass is 458 g/mol. The van der Waals surface area contributed by atoms with Crippen LogP contribution in [0.3, 0.4) is 0 Å². The molecule has 1 aliphatic rings. The minimum atomic E-state index is -0.468. The van der Waals surface area contributed by atoms with Gasteiger partial charge >= 0.3 is 0 Å². The third kappa shape index (κ3) is 4.99. The molecule has 2 aromatic heterocycles. The molecule has 1 saturated heterocycles. The molecule has 2 aromatic carbocycles. The number of aromatic amines is 1. The lowest BCUT2D eigenvalue weighted by atomic mass is 9.80. The van der Waals surface area contributed by atoms with E-state index < -0.39 is 5.82 Å². The number of H-pyrrole nitrogens is 1. The van der Waals surface area contributed by atoms with Gasteiger partial charge in [0.05, 0.1) is 23.9 Å². The summed E-state index contributed by atoms with van der Waals surface area (Å²) in [7, 11) is 0. The van der Waals surface area contributed by atoms with Crippen molar-refractivity contribution in [3.05, 3.63) is 89.6 Å². The molecule has 0 bridgehead atoms. The van der Waals surface area contributed by atoms with Crippen molar-refractivity contribution >= 4 is 16.7 Å². The molecule has 0 radical (unpaired) electrons. The second kappa shape index (κ2) is 10.1. The number of rotatable bonds is 8. The topological polar surface area (TPSA) is 79.9 Å². The van der Waals surface area contributed by atoms with E-state index in [1.165, 1.54) is 6.07 Å². The SMILES string of the molecule is O=C(CCc1ccccn1)c1cc([C@@H]2CCNC[C@H]2COc2ccc3[nH]ncc3c2)ccc1F. The number of carbonyl (C=O) groups is 1. The molecular formula is C27H27FN4O2. The van der Waals surface area contributed by atoms with Gasteiger partial charge in [0.1, 0.15) is 11.6 Å². The summed E-state index contributed by atoms with van der Waals surface area (Å²) in [6.45, 7) is 2.21. The summed E-state index contributed by atoms with van der Waals surface area (Å²) in [6, 6.07) is 16.5. The summed E-state index contributed by atoms with van der Waals surface area (Å²) < 4.78 is 20.7. The van der Waals surface area contributed by atoms with E-state index in [4.69, 9.17) is 4.74 Å². The summed E-state index contributed by atoms with van der Waals surface area (Å²) in [5, 5.41) is 11.4. The van der Waals surface area contributed by atoms with Crippen molar-refractivity contribution in [2.75, 3.05) is 19.7 Å². The quantitative estimate of drug-likeness (QED) is 0.375. The number of nitrogens with zero attached hydrogens (tertiary/aromatic N) is 2. The lowest BCUT2D eigenvalue weighted by Crippen LogP contribution is -2.38. The number of pyridine rings is 1. The highest BCUT2D eigenvalue weighted by Crippen LogP contribution is 2.32. The maximum atomic E-state index is 14.6. The molecular weight excluding hydrogens is 431 g/mol. The van der Waals surface area contributed by atoms with E-state index >= 15 is 0 Å². The Morgan fingerprint density at radius 2 is 2.09 bits per heavy atom. The van der Waals surface area contributed by atoms with Gasteiger partial charge < -0.3 is 10.1 Å². The zero-order valence-electron chi connectivity index (χ0n) is 18.8. The van der Waals surface area contributed by atoms with E-state index in [1.807, 2.05) is 42.5 Å². The van der Waals surface area contributed by atoms with Crippen LogP contribution < -0.4 is 10.1 Å². The first-order valence-corrected chi connectivity index (χ1v) is 11.7. The van der Waals surface area contributed by atoms with Gasteiger partial charge in [0.2, 0.25) is 0 Å². The van der Waals surface area contributed by atoms with Crippen LogP contribution in [0.4, 0.5) is 4.39 Å². The maximum Gasteiger partial charge on any atom is 0.166 e. The van der Waals surface area contributed by atoms with E-state index in [2.05, 4.69) is 20.5 Å². The molecule has 7 heteroatoms. The molecule has 0 amide bonds. The molecule has 4 aromatic rings. The molecule has 5 rings (SSSR count). The van der Waals surface area contributed by atoms with Crippen molar-refractivity contribution in [2.24, 2.45) is 5.92 Å². The fourth-order valence-corrected chi connectivity index (χ4v) is 4.66. The van der Waals surface area contributed by atoms with Crippen LogP contribution >= 0.6 is 0 Å². The number of hydrogen-bond donors (Lipinski definition) is 2. The van der Waals surface area contributed by atoms with Gasteiger partial charge in [-0.3, -0.25) is 14.9 Å². The number of Topliss-reactive ketones (excluding diaryl/α,β-unsaturated/α-hetero) is 1. The average molecular weight is 459 g/mol. The Hall–Kier alpha value is -3.58. The standard InChI is InChI=1S/C27H27FN4O2/c28-25-7-4-18(14-24(25)27(33)9-5-21-3-1-2-11-30-21)23-10-12-29-15-20(23)17-34-22-6-8-26-19(13-22)16-31-32-26/h1-4,6-8,11,13-14,16,20,23,29H,5,9-10,12,15,17H2,(H,31,32)/t20-,23-/m0/s1. The Labute approximate surface area is 197 Å². The smallest absolute Gasteiger partial charge is 0.166 e. The molecule has 0 unspecified atom stereocenters.